The number of ether oxygens (including phenoxy) is 2. The van der Waals surface area contributed by atoms with Gasteiger partial charge in [0.1, 0.15) is 18.3 Å². The van der Waals surface area contributed by atoms with Gasteiger partial charge in [-0.15, -0.1) is 10.2 Å². The lowest BCUT2D eigenvalue weighted by atomic mass is 9.96. The van der Waals surface area contributed by atoms with Gasteiger partial charge in [-0.1, -0.05) is 12.1 Å². The summed E-state index contributed by atoms with van der Waals surface area (Å²) in [6.45, 7) is 4.93. The van der Waals surface area contributed by atoms with E-state index in [9.17, 15) is 0 Å². The van der Waals surface area contributed by atoms with Gasteiger partial charge in [-0.3, -0.25) is 4.90 Å². The molecule has 0 amide bonds. The number of piperidine rings is 1. The van der Waals surface area contributed by atoms with Gasteiger partial charge in [-0.2, -0.15) is 0 Å². The first kappa shape index (κ1) is 16.4. The molecular weight excluding hydrogens is 316 g/mol. The monoisotopic (exact) mass is 342 g/mol. The van der Waals surface area contributed by atoms with E-state index in [1.807, 2.05) is 24.3 Å². The van der Waals surface area contributed by atoms with Crippen LogP contribution in [0.1, 0.15) is 36.8 Å². The van der Waals surface area contributed by atoms with Crippen molar-refractivity contribution in [1.29, 1.82) is 0 Å². The molecule has 0 aliphatic carbocycles. The molecular formula is C19H26N4O2. The van der Waals surface area contributed by atoms with Crippen LogP contribution in [-0.4, -0.2) is 53.0 Å². The third-order valence-electron chi connectivity index (χ3n) is 5.32. The van der Waals surface area contributed by atoms with Gasteiger partial charge < -0.3 is 14.0 Å². The summed E-state index contributed by atoms with van der Waals surface area (Å²) in [7, 11) is 1.67. The molecule has 0 radical (unpaired) electrons. The number of hydrogen-bond acceptors (Lipinski definition) is 5. The van der Waals surface area contributed by atoms with Crippen LogP contribution < -0.4 is 9.47 Å². The Hall–Kier alpha value is -2.08. The van der Waals surface area contributed by atoms with Crippen molar-refractivity contribution < 1.29 is 9.47 Å². The molecule has 4 rings (SSSR count). The number of fused-ring (bicyclic) bond motifs is 1. The first-order valence-corrected chi connectivity index (χ1v) is 9.25. The second-order valence-corrected chi connectivity index (χ2v) is 6.84. The van der Waals surface area contributed by atoms with Crippen molar-refractivity contribution in [3.8, 4) is 11.5 Å². The van der Waals surface area contributed by atoms with Crippen LogP contribution in [0.25, 0.3) is 0 Å². The zero-order valence-electron chi connectivity index (χ0n) is 14.9. The zero-order valence-corrected chi connectivity index (χ0v) is 14.9. The summed E-state index contributed by atoms with van der Waals surface area (Å²) in [5.74, 6) is 4.58. The summed E-state index contributed by atoms with van der Waals surface area (Å²) in [6, 6.07) is 7.81. The van der Waals surface area contributed by atoms with Gasteiger partial charge >= 0.3 is 0 Å². The van der Waals surface area contributed by atoms with Gasteiger partial charge in [0.15, 0.2) is 11.5 Å². The first-order valence-electron chi connectivity index (χ1n) is 9.25. The lowest BCUT2D eigenvalue weighted by Crippen LogP contribution is -2.36. The van der Waals surface area contributed by atoms with E-state index in [4.69, 9.17) is 9.47 Å². The number of methoxy groups -OCH3 is 1. The first-order chi connectivity index (χ1) is 12.3. The smallest absolute Gasteiger partial charge is 0.161 e. The number of nitrogens with zero attached hydrogens (tertiary/aromatic N) is 4. The second-order valence-electron chi connectivity index (χ2n) is 6.84. The van der Waals surface area contributed by atoms with Gasteiger partial charge in [0, 0.05) is 25.4 Å². The van der Waals surface area contributed by atoms with Crippen molar-refractivity contribution in [3.05, 3.63) is 35.9 Å². The van der Waals surface area contributed by atoms with Crippen molar-refractivity contribution in [3.63, 3.8) is 0 Å². The fourth-order valence-corrected chi connectivity index (χ4v) is 3.91. The molecule has 0 atom stereocenters. The Kier molecular flexibility index (Phi) is 4.88. The molecule has 134 valence electrons. The summed E-state index contributed by atoms with van der Waals surface area (Å²) in [5, 5.41) is 8.82. The number of aromatic nitrogens is 3. The number of para-hydroxylation sites is 2. The van der Waals surface area contributed by atoms with Gasteiger partial charge in [-0.25, -0.2) is 0 Å². The highest BCUT2D eigenvalue weighted by Gasteiger charge is 2.27. The van der Waals surface area contributed by atoms with Crippen LogP contribution in [0.15, 0.2) is 24.3 Å². The highest BCUT2D eigenvalue weighted by Crippen LogP contribution is 2.29. The summed E-state index contributed by atoms with van der Waals surface area (Å²) in [6.07, 6.45) is 4.63. The minimum atomic E-state index is 0.561. The Balaban J connectivity index is 1.25. The highest BCUT2D eigenvalue weighted by atomic mass is 16.5. The molecule has 2 aliphatic rings. The van der Waals surface area contributed by atoms with Crippen molar-refractivity contribution in [2.45, 2.75) is 38.1 Å². The molecule has 0 spiro atoms. The van der Waals surface area contributed by atoms with Crippen molar-refractivity contribution in [2.75, 3.05) is 33.4 Å². The number of likely N-dealkylation sites (tertiary alicyclic amines) is 1. The van der Waals surface area contributed by atoms with Gasteiger partial charge in [-0.05, 0) is 44.5 Å². The molecule has 1 saturated heterocycles. The van der Waals surface area contributed by atoms with Crippen LogP contribution in [0.2, 0.25) is 0 Å². The van der Waals surface area contributed by atoms with Crippen LogP contribution in [0.4, 0.5) is 0 Å². The molecule has 6 nitrogen and oxygen atoms in total. The van der Waals surface area contributed by atoms with Gasteiger partial charge in [0.2, 0.25) is 0 Å². The van der Waals surface area contributed by atoms with Crippen molar-refractivity contribution in [1.82, 2.24) is 19.7 Å². The minimum absolute atomic E-state index is 0.561. The van der Waals surface area contributed by atoms with E-state index in [0.717, 1.165) is 56.9 Å². The Labute approximate surface area is 148 Å². The third kappa shape index (κ3) is 3.49. The Morgan fingerprint density at radius 1 is 1.08 bits per heavy atom. The quantitative estimate of drug-likeness (QED) is 0.807. The van der Waals surface area contributed by atoms with E-state index in [1.165, 1.54) is 18.1 Å². The molecule has 0 bridgehead atoms. The third-order valence-corrected chi connectivity index (χ3v) is 5.32. The lowest BCUT2D eigenvalue weighted by Gasteiger charge is -2.31. The van der Waals surface area contributed by atoms with Crippen LogP contribution in [0.5, 0.6) is 11.5 Å². The summed E-state index contributed by atoms with van der Waals surface area (Å²) in [4.78, 5) is 2.48. The molecule has 0 N–H and O–H groups in total. The van der Waals surface area contributed by atoms with E-state index in [2.05, 4.69) is 19.7 Å². The summed E-state index contributed by atoms with van der Waals surface area (Å²) in [5.41, 5.74) is 0. The average Bonchev–Trinajstić information content (AvgIpc) is 3.26. The second kappa shape index (κ2) is 7.44. The van der Waals surface area contributed by atoms with Gasteiger partial charge in [0.05, 0.1) is 7.11 Å². The largest absolute Gasteiger partial charge is 0.493 e. The van der Waals surface area contributed by atoms with Crippen LogP contribution in [0.3, 0.4) is 0 Å². The Morgan fingerprint density at radius 3 is 2.68 bits per heavy atom. The topological polar surface area (TPSA) is 52.4 Å². The molecule has 2 aliphatic heterocycles. The van der Waals surface area contributed by atoms with Gasteiger partial charge in [0.25, 0.3) is 0 Å². The molecule has 1 aromatic carbocycles. The molecule has 3 heterocycles. The summed E-state index contributed by atoms with van der Waals surface area (Å²) < 4.78 is 13.6. The molecule has 0 saturated carbocycles. The van der Waals surface area contributed by atoms with E-state index >= 15 is 0 Å². The molecule has 1 fully saturated rings. The van der Waals surface area contributed by atoms with Crippen LogP contribution >= 0.6 is 0 Å². The zero-order chi connectivity index (χ0) is 17.1. The van der Waals surface area contributed by atoms with E-state index < -0.39 is 0 Å². The maximum Gasteiger partial charge on any atom is 0.161 e. The van der Waals surface area contributed by atoms with Crippen LogP contribution in [-0.2, 0) is 13.0 Å². The maximum atomic E-state index is 5.90. The highest BCUT2D eigenvalue weighted by molar-refractivity contribution is 5.39. The van der Waals surface area contributed by atoms with E-state index in [1.54, 1.807) is 7.11 Å². The molecule has 25 heavy (non-hydrogen) atoms. The SMILES string of the molecule is COc1ccccc1OCCN1CCC(c2nnc3n2CCC3)CC1. The lowest BCUT2D eigenvalue weighted by molar-refractivity contribution is 0.168. The molecule has 1 aromatic heterocycles. The number of benzene rings is 1. The van der Waals surface area contributed by atoms with E-state index in [0.29, 0.717) is 12.5 Å². The predicted molar refractivity (Wildman–Crippen MR) is 95.2 cm³/mol. The van der Waals surface area contributed by atoms with Crippen molar-refractivity contribution >= 4 is 0 Å². The van der Waals surface area contributed by atoms with Crippen LogP contribution in [0, 0.1) is 0 Å². The Morgan fingerprint density at radius 2 is 1.88 bits per heavy atom. The standard InChI is InChI=1S/C19H26N4O2/c1-24-16-5-2-3-6-17(16)25-14-13-22-11-8-15(9-12-22)19-21-20-18-7-4-10-23(18)19/h2-3,5-6,15H,4,7-14H2,1H3. The Bertz CT molecular complexity index is 707. The number of hydrogen-bond donors (Lipinski definition) is 0. The number of aryl methyl sites for hydroxylation is 1. The van der Waals surface area contributed by atoms with E-state index in [-0.39, 0.29) is 0 Å². The fraction of sp³-hybridized carbons (Fsp3) is 0.579. The number of rotatable bonds is 6. The molecule has 0 unspecified atom stereocenters. The molecule has 2 aromatic rings. The fourth-order valence-electron chi connectivity index (χ4n) is 3.91. The average molecular weight is 342 g/mol. The normalized spacial score (nSPS) is 18.3. The maximum absolute atomic E-state index is 5.90. The predicted octanol–water partition coefficient (Wildman–Crippen LogP) is 2.49. The van der Waals surface area contributed by atoms with Crippen molar-refractivity contribution in [2.24, 2.45) is 0 Å². The minimum Gasteiger partial charge on any atom is -0.493 e. The molecule has 6 heteroatoms. The summed E-state index contributed by atoms with van der Waals surface area (Å²) >= 11 is 0.